The van der Waals surface area contributed by atoms with Crippen LogP contribution in [0.1, 0.15) is 79.1 Å². The molecule has 6 atom stereocenters. The van der Waals surface area contributed by atoms with Gasteiger partial charge in [-0.15, -0.1) is 0 Å². The van der Waals surface area contributed by atoms with Crippen LogP contribution in [0.3, 0.4) is 0 Å². The van der Waals surface area contributed by atoms with E-state index in [1.165, 1.54) is 13.5 Å². The predicted molar refractivity (Wildman–Crippen MR) is 95.4 cm³/mol. The molecule has 3 rings (SSSR count). The van der Waals surface area contributed by atoms with E-state index >= 15 is 0 Å². The number of ether oxygens (including phenoxy) is 1. The molecule has 1 N–H and O–H groups in total. The zero-order valence-corrected chi connectivity index (χ0v) is 16.2. The monoisotopic (exact) mass is 336 g/mol. The van der Waals surface area contributed by atoms with E-state index < -0.39 is 5.60 Å². The third kappa shape index (κ3) is 2.53. The molecular formula is C21H36O3. The molecule has 0 spiro atoms. The van der Waals surface area contributed by atoms with Gasteiger partial charge in [0.15, 0.2) is 0 Å². The van der Waals surface area contributed by atoms with Gasteiger partial charge < -0.3 is 9.84 Å². The SMILES string of the molecule is COC(=O)C1(C)CCCC2(C)C3CCC(O)(C(C)C)CC3CCC12. The zero-order chi connectivity index (χ0) is 17.8. The molecule has 3 aliphatic carbocycles. The lowest BCUT2D eigenvalue weighted by Crippen LogP contribution is -2.58. The minimum absolute atomic E-state index is 0.00799. The van der Waals surface area contributed by atoms with Crippen molar-refractivity contribution in [3.8, 4) is 0 Å². The zero-order valence-electron chi connectivity index (χ0n) is 16.2. The van der Waals surface area contributed by atoms with Gasteiger partial charge in [-0.1, -0.05) is 27.2 Å². The Morgan fingerprint density at radius 1 is 1.12 bits per heavy atom. The first-order valence-corrected chi connectivity index (χ1v) is 9.98. The molecule has 6 unspecified atom stereocenters. The maximum Gasteiger partial charge on any atom is 0.311 e. The summed E-state index contributed by atoms with van der Waals surface area (Å²) in [5, 5.41) is 11.0. The fraction of sp³-hybridized carbons (Fsp3) is 0.952. The van der Waals surface area contributed by atoms with Crippen molar-refractivity contribution < 1.29 is 14.6 Å². The Labute approximate surface area is 147 Å². The second-order valence-corrected chi connectivity index (χ2v) is 9.77. The lowest BCUT2D eigenvalue weighted by Gasteiger charge is -2.61. The lowest BCUT2D eigenvalue weighted by molar-refractivity contribution is -0.183. The molecule has 0 radical (unpaired) electrons. The highest BCUT2D eigenvalue weighted by Gasteiger charge is 2.60. The summed E-state index contributed by atoms with van der Waals surface area (Å²) >= 11 is 0. The maximum absolute atomic E-state index is 12.6. The number of esters is 1. The highest BCUT2D eigenvalue weighted by molar-refractivity contribution is 5.77. The Morgan fingerprint density at radius 2 is 1.83 bits per heavy atom. The summed E-state index contributed by atoms with van der Waals surface area (Å²) in [7, 11) is 1.54. The fourth-order valence-corrected chi connectivity index (χ4v) is 6.90. The first-order chi connectivity index (χ1) is 11.2. The number of aliphatic hydroxyl groups is 1. The number of fused-ring (bicyclic) bond motifs is 3. The van der Waals surface area contributed by atoms with E-state index in [-0.39, 0.29) is 16.8 Å². The third-order valence-corrected chi connectivity index (χ3v) is 8.45. The first-order valence-electron chi connectivity index (χ1n) is 9.98. The smallest absolute Gasteiger partial charge is 0.311 e. The van der Waals surface area contributed by atoms with E-state index in [4.69, 9.17) is 4.74 Å². The molecular weight excluding hydrogens is 300 g/mol. The summed E-state index contributed by atoms with van der Waals surface area (Å²) in [4.78, 5) is 12.6. The van der Waals surface area contributed by atoms with Crippen LogP contribution >= 0.6 is 0 Å². The van der Waals surface area contributed by atoms with Crippen molar-refractivity contribution in [3.05, 3.63) is 0 Å². The second-order valence-electron chi connectivity index (χ2n) is 9.77. The van der Waals surface area contributed by atoms with Crippen molar-refractivity contribution in [1.82, 2.24) is 0 Å². The van der Waals surface area contributed by atoms with Crippen LogP contribution in [0.15, 0.2) is 0 Å². The van der Waals surface area contributed by atoms with Crippen LogP contribution in [0.4, 0.5) is 0 Å². The van der Waals surface area contributed by atoms with Crippen molar-refractivity contribution in [2.45, 2.75) is 84.7 Å². The normalized spacial score (nSPS) is 48.5. The van der Waals surface area contributed by atoms with Gasteiger partial charge in [0.2, 0.25) is 0 Å². The Morgan fingerprint density at radius 3 is 2.46 bits per heavy atom. The molecule has 0 bridgehead atoms. The van der Waals surface area contributed by atoms with Crippen LogP contribution in [-0.2, 0) is 9.53 Å². The van der Waals surface area contributed by atoms with Crippen LogP contribution in [0.25, 0.3) is 0 Å². The van der Waals surface area contributed by atoms with Crippen molar-refractivity contribution in [2.24, 2.45) is 34.5 Å². The van der Waals surface area contributed by atoms with E-state index in [1.54, 1.807) is 0 Å². The van der Waals surface area contributed by atoms with Gasteiger partial charge in [-0.3, -0.25) is 4.79 Å². The minimum atomic E-state index is -0.481. The average molecular weight is 337 g/mol. The molecule has 3 heteroatoms. The molecule has 3 fully saturated rings. The molecule has 0 amide bonds. The number of carbonyl (C=O) groups is 1. The lowest BCUT2D eigenvalue weighted by atomic mass is 9.43. The molecule has 0 aromatic heterocycles. The summed E-state index contributed by atoms with van der Waals surface area (Å²) in [6, 6.07) is 0. The topological polar surface area (TPSA) is 46.5 Å². The molecule has 0 heterocycles. The van der Waals surface area contributed by atoms with E-state index in [0.29, 0.717) is 23.7 Å². The highest BCUT2D eigenvalue weighted by Crippen LogP contribution is 2.65. The van der Waals surface area contributed by atoms with Gasteiger partial charge in [0.25, 0.3) is 0 Å². The summed E-state index contributed by atoms with van der Waals surface area (Å²) in [5.41, 5.74) is -0.578. The van der Waals surface area contributed by atoms with Gasteiger partial charge >= 0.3 is 5.97 Å². The maximum atomic E-state index is 12.6. The van der Waals surface area contributed by atoms with Gasteiger partial charge in [-0.25, -0.2) is 0 Å². The van der Waals surface area contributed by atoms with Crippen molar-refractivity contribution in [3.63, 3.8) is 0 Å². The summed E-state index contributed by atoms with van der Waals surface area (Å²) in [5.74, 6) is 2.02. The Balaban J connectivity index is 1.88. The summed E-state index contributed by atoms with van der Waals surface area (Å²) < 4.78 is 5.21. The van der Waals surface area contributed by atoms with E-state index in [1.807, 2.05) is 0 Å². The summed E-state index contributed by atoms with van der Waals surface area (Å²) in [6.45, 7) is 8.90. The predicted octanol–water partition coefficient (Wildman–Crippen LogP) is 4.57. The van der Waals surface area contributed by atoms with Gasteiger partial charge in [0.1, 0.15) is 0 Å². The largest absolute Gasteiger partial charge is 0.469 e. The molecule has 138 valence electrons. The van der Waals surface area contributed by atoms with Gasteiger partial charge in [-0.05, 0) is 81.0 Å². The molecule has 0 saturated heterocycles. The molecule has 0 aromatic carbocycles. The average Bonchev–Trinajstić information content (AvgIpc) is 2.53. The number of methoxy groups -OCH3 is 1. The number of hydrogen-bond donors (Lipinski definition) is 1. The van der Waals surface area contributed by atoms with Crippen LogP contribution in [0.2, 0.25) is 0 Å². The Kier molecular flexibility index (Phi) is 4.56. The number of carbonyl (C=O) groups excluding carboxylic acids is 1. The van der Waals surface area contributed by atoms with Crippen LogP contribution in [-0.4, -0.2) is 23.8 Å². The van der Waals surface area contributed by atoms with Crippen molar-refractivity contribution in [2.75, 3.05) is 7.11 Å². The summed E-state index contributed by atoms with van der Waals surface area (Å²) in [6.07, 6.45) is 8.57. The molecule has 0 aliphatic heterocycles. The van der Waals surface area contributed by atoms with Crippen molar-refractivity contribution >= 4 is 5.97 Å². The molecule has 0 aromatic rings. The highest BCUT2D eigenvalue weighted by atomic mass is 16.5. The third-order valence-electron chi connectivity index (χ3n) is 8.45. The van der Waals surface area contributed by atoms with Crippen LogP contribution in [0, 0.1) is 34.5 Å². The van der Waals surface area contributed by atoms with Gasteiger partial charge in [0, 0.05) is 0 Å². The second kappa shape index (κ2) is 6.00. The molecule has 3 nitrogen and oxygen atoms in total. The Bertz CT molecular complexity index is 501. The standard InChI is InChI=1S/C21H36O3/c1-14(2)21(23)12-9-16-15(13-21)7-8-17-19(16,3)10-6-11-20(17,4)18(22)24-5/h14-17,23H,6-13H2,1-5H3. The quantitative estimate of drug-likeness (QED) is 0.751. The minimum Gasteiger partial charge on any atom is -0.469 e. The Hall–Kier alpha value is -0.570. The molecule has 3 saturated carbocycles. The van der Waals surface area contributed by atoms with E-state index in [9.17, 15) is 9.90 Å². The van der Waals surface area contributed by atoms with Crippen LogP contribution in [0.5, 0.6) is 0 Å². The van der Waals surface area contributed by atoms with Gasteiger partial charge in [-0.2, -0.15) is 0 Å². The molecule has 24 heavy (non-hydrogen) atoms. The van der Waals surface area contributed by atoms with E-state index in [0.717, 1.165) is 44.9 Å². The van der Waals surface area contributed by atoms with E-state index in [2.05, 4.69) is 27.7 Å². The molecule has 3 aliphatic rings. The van der Waals surface area contributed by atoms with Crippen molar-refractivity contribution in [1.29, 1.82) is 0 Å². The number of hydrogen-bond acceptors (Lipinski definition) is 3. The van der Waals surface area contributed by atoms with Crippen LogP contribution < -0.4 is 0 Å². The number of rotatable bonds is 2. The fourth-order valence-electron chi connectivity index (χ4n) is 6.90. The first kappa shape index (κ1) is 18.2. The van der Waals surface area contributed by atoms with Gasteiger partial charge in [0.05, 0.1) is 18.1 Å².